The molecule has 0 fully saturated rings. The fourth-order valence-corrected chi connectivity index (χ4v) is 3.40. The average Bonchev–Trinajstić information content (AvgIpc) is 2.51. The Bertz CT molecular complexity index is 351. The molecule has 0 aliphatic carbocycles. The van der Waals surface area contributed by atoms with Crippen LogP contribution in [-0.2, 0) is 6.54 Å². The van der Waals surface area contributed by atoms with Crippen LogP contribution in [0.2, 0.25) is 0 Å². The highest BCUT2D eigenvalue weighted by molar-refractivity contribution is 7.99. The molecule has 1 rings (SSSR count). The summed E-state index contributed by atoms with van der Waals surface area (Å²) >= 11 is 2.01. The first-order valence-corrected chi connectivity index (χ1v) is 9.77. The van der Waals surface area contributed by atoms with Crippen molar-refractivity contribution in [3.63, 3.8) is 0 Å². The molecule has 0 radical (unpaired) electrons. The zero-order valence-electron chi connectivity index (χ0n) is 14.0. The SMILES string of the molecule is CCCCCCCCCSc1cccc(CNCCC)c1. The van der Waals surface area contributed by atoms with Crippen molar-refractivity contribution in [1.29, 1.82) is 0 Å². The summed E-state index contributed by atoms with van der Waals surface area (Å²) in [7, 11) is 0. The second-order valence-corrected chi connectivity index (χ2v) is 6.96. The molecule has 0 unspecified atom stereocenters. The van der Waals surface area contributed by atoms with Gasteiger partial charge in [-0.1, -0.05) is 64.5 Å². The van der Waals surface area contributed by atoms with Gasteiger partial charge >= 0.3 is 0 Å². The van der Waals surface area contributed by atoms with Gasteiger partial charge in [-0.2, -0.15) is 0 Å². The molecule has 0 heterocycles. The minimum absolute atomic E-state index is 1.000. The number of unbranched alkanes of at least 4 members (excludes halogenated alkanes) is 6. The Labute approximate surface area is 136 Å². The number of nitrogens with one attached hydrogen (secondary N) is 1. The van der Waals surface area contributed by atoms with Gasteiger partial charge in [-0.15, -0.1) is 11.8 Å². The second-order valence-electron chi connectivity index (χ2n) is 5.79. The predicted molar refractivity (Wildman–Crippen MR) is 97.2 cm³/mol. The van der Waals surface area contributed by atoms with Gasteiger partial charge in [-0.25, -0.2) is 0 Å². The van der Waals surface area contributed by atoms with Crippen molar-refractivity contribution in [3.8, 4) is 0 Å². The van der Waals surface area contributed by atoms with Crippen LogP contribution in [0.3, 0.4) is 0 Å². The zero-order valence-corrected chi connectivity index (χ0v) is 14.8. The quantitative estimate of drug-likeness (QED) is 0.353. The van der Waals surface area contributed by atoms with Gasteiger partial charge in [0.25, 0.3) is 0 Å². The van der Waals surface area contributed by atoms with Crippen LogP contribution in [0, 0.1) is 0 Å². The van der Waals surface area contributed by atoms with E-state index in [0.717, 1.165) is 13.1 Å². The lowest BCUT2D eigenvalue weighted by atomic mass is 10.1. The molecule has 120 valence electrons. The van der Waals surface area contributed by atoms with Gasteiger partial charge in [0.05, 0.1) is 0 Å². The van der Waals surface area contributed by atoms with E-state index in [-0.39, 0.29) is 0 Å². The molecule has 1 nitrogen and oxygen atoms in total. The first kappa shape index (κ1) is 18.6. The predicted octanol–water partition coefficient (Wildman–Crippen LogP) is 6.03. The van der Waals surface area contributed by atoms with E-state index in [2.05, 4.69) is 43.4 Å². The van der Waals surface area contributed by atoms with Crippen molar-refractivity contribution in [1.82, 2.24) is 5.32 Å². The van der Waals surface area contributed by atoms with Crippen LogP contribution in [-0.4, -0.2) is 12.3 Å². The Morgan fingerprint density at radius 3 is 2.43 bits per heavy atom. The number of hydrogen-bond acceptors (Lipinski definition) is 2. The van der Waals surface area contributed by atoms with Crippen molar-refractivity contribution in [2.24, 2.45) is 0 Å². The summed E-state index contributed by atoms with van der Waals surface area (Å²) in [5.41, 5.74) is 1.41. The summed E-state index contributed by atoms with van der Waals surface area (Å²) in [6.45, 7) is 6.60. The molecular formula is C19H33NS. The van der Waals surface area contributed by atoms with Gasteiger partial charge < -0.3 is 5.32 Å². The fourth-order valence-electron chi connectivity index (χ4n) is 2.40. The summed E-state index contributed by atoms with van der Waals surface area (Å²) in [5, 5.41) is 3.47. The largest absolute Gasteiger partial charge is 0.313 e. The summed E-state index contributed by atoms with van der Waals surface area (Å²) in [6.07, 6.45) is 11.0. The van der Waals surface area contributed by atoms with Crippen molar-refractivity contribution in [2.75, 3.05) is 12.3 Å². The lowest BCUT2D eigenvalue weighted by molar-refractivity contribution is 0.603. The topological polar surface area (TPSA) is 12.0 Å². The maximum Gasteiger partial charge on any atom is 0.0205 e. The van der Waals surface area contributed by atoms with Crippen molar-refractivity contribution in [3.05, 3.63) is 29.8 Å². The van der Waals surface area contributed by atoms with E-state index < -0.39 is 0 Å². The van der Waals surface area contributed by atoms with Gasteiger partial charge in [0.15, 0.2) is 0 Å². The van der Waals surface area contributed by atoms with Gasteiger partial charge in [-0.05, 0) is 42.8 Å². The van der Waals surface area contributed by atoms with E-state index in [0.29, 0.717) is 0 Å². The maximum atomic E-state index is 3.47. The zero-order chi connectivity index (χ0) is 15.2. The molecule has 0 aliphatic heterocycles. The molecule has 0 saturated carbocycles. The molecule has 0 bridgehead atoms. The van der Waals surface area contributed by atoms with Crippen LogP contribution >= 0.6 is 11.8 Å². The van der Waals surface area contributed by atoms with Gasteiger partial charge in [-0.3, -0.25) is 0 Å². The highest BCUT2D eigenvalue weighted by Crippen LogP contribution is 2.21. The molecule has 1 aromatic rings. The van der Waals surface area contributed by atoms with E-state index in [1.165, 1.54) is 67.6 Å². The molecule has 1 N–H and O–H groups in total. The highest BCUT2D eigenvalue weighted by atomic mass is 32.2. The van der Waals surface area contributed by atoms with Crippen LogP contribution in [0.5, 0.6) is 0 Å². The van der Waals surface area contributed by atoms with Crippen LogP contribution < -0.4 is 5.32 Å². The van der Waals surface area contributed by atoms with Crippen LogP contribution in [0.1, 0.15) is 70.8 Å². The van der Waals surface area contributed by atoms with Crippen LogP contribution in [0.15, 0.2) is 29.2 Å². The number of hydrogen-bond donors (Lipinski definition) is 1. The molecule has 0 atom stereocenters. The third-order valence-electron chi connectivity index (χ3n) is 3.67. The monoisotopic (exact) mass is 307 g/mol. The van der Waals surface area contributed by atoms with Crippen molar-refractivity contribution < 1.29 is 0 Å². The number of rotatable bonds is 13. The molecule has 1 aromatic carbocycles. The van der Waals surface area contributed by atoms with E-state index in [1.54, 1.807) is 0 Å². The van der Waals surface area contributed by atoms with E-state index >= 15 is 0 Å². The molecular weight excluding hydrogens is 274 g/mol. The summed E-state index contributed by atoms with van der Waals surface area (Å²) in [6, 6.07) is 9.00. The maximum absolute atomic E-state index is 3.47. The van der Waals surface area contributed by atoms with Crippen molar-refractivity contribution in [2.45, 2.75) is 76.7 Å². The molecule has 2 heteroatoms. The second kappa shape index (κ2) is 13.2. The summed E-state index contributed by atoms with van der Waals surface area (Å²) < 4.78 is 0. The Morgan fingerprint density at radius 2 is 1.67 bits per heavy atom. The standard InChI is InChI=1S/C19H33NS/c1-3-5-6-7-8-9-10-15-21-19-13-11-12-18(16-19)17-20-14-4-2/h11-13,16,20H,3-10,14-15,17H2,1-2H3. The molecule has 0 spiro atoms. The molecule has 0 amide bonds. The first-order valence-electron chi connectivity index (χ1n) is 8.79. The van der Waals surface area contributed by atoms with Gasteiger partial charge in [0, 0.05) is 11.4 Å². The number of benzene rings is 1. The summed E-state index contributed by atoms with van der Waals surface area (Å²) in [4.78, 5) is 1.43. The van der Waals surface area contributed by atoms with E-state index in [9.17, 15) is 0 Å². The smallest absolute Gasteiger partial charge is 0.0205 e. The minimum Gasteiger partial charge on any atom is -0.313 e. The Balaban J connectivity index is 2.10. The lowest BCUT2D eigenvalue weighted by Gasteiger charge is -2.06. The Kier molecular flexibility index (Phi) is 11.7. The van der Waals surface area contributed by atoms with Gasteiger partial charge in [0.1, 0.15) is 0 Å². The Morgan fingerprint density at radius 1 is 0.905 bits per heavy atom. The molecule has 21 heavy (non-hydrogen) atoms. The minimum atomic E-state index is 1.000. The Hall–Kier alpha value is -0.470. The number of thioether (sulfide) groups is 1. The fraction of sp³-hybridized carbons (Fsp3) is 0.684. The molecule has 0 aliphatic rings. The highest BCUT2D eigenvalue weighted by Gasteiger charge is 1.98. The van der Waals surface area contributed by atoms with Crippen molar-refractivity contribution >= 4 is 11.8 Å². The summed E-state index contributed by atoms with van der Waals surface area (Å²) in [5.74, 6) is 1.26. The van der Waals surface area contributed by atoms with E-state index in [1.807, 2.05) is 11.8 Å². The van der Waals surface area contributed by atoms with Gasteiger partial charge in [0.2, 0.25) is 0 Å². The van der Waals surface area contributed by atoms with E-state index in [4.69, 9.17) is 0 Å². The first-order chi connectivity index (χ1) is 10.4. The normalized spacial score (nSPS) is 11.0. The molecule has 0 aromatic heterocycles. The van der Waals surface area contributed by atoms with Crippen LogP contribution in [0.4, 0.5) is 0 Å². The third-order valence-corrected chi connectivity index (χ3v) is 4.75. The third kappa shape index (κ3) is 9.97. The molecule has 0 saturated heterocycles. The average molecular weight is 308 g/mol. The van der Waals surface area contributed by atoms with Crippen LogP contribution in [0.25, 0.3) is 0 Å². The lowest BCUT2D eigenvalue weighted by Crippen LogP contribution is -2.13.